The normalized spacial score (nSPS) is 11.5. The van der Waals surface area contributed by atoms with E-state index in [0.717, 1.165) is 30.6 Å². The SMILES string of the molecule is C/C(=N\NC(=O)CSc1nnc(SCc2ccc(Cl)cc2)s1)c1ccc(Cl)cc1. The highest BCUT2D eigenvalue weighted by Crippen LogP contribution is 2.30. The minimum atomic E-state index is -0.200. The largest absolute Gasteiger partial charge is 0.272 e. The van der Waals surface area contributed by atoms with Crippen LogP contribution in [0.25, 0.3) is 0 Å². The fraction of sp³-hybridized carbons (Fsp3) is 0.158. The number of aromatic nitrogens is 2. The maximum atomic E-state index is 12.0. The Hall–Kier alpha value is -1.58. The molecule has 2 aromatic carbocycles. The third-order valence-electron chi connectivity index (χ3n) is 3.60. The summed E-state index contributed by atoms with van der Waals surface area (Å²) >= 11 is 16.2. The zero-order valence-corrected chi connectivity index (χ0v) is 19.2. The summed E-state index contributed by atoms with van der Waals surface area (Å²) < 4.78 is 1.61. The molecule has 0 saturated heterocycles. The Bertz CT molecular complexity index is 991. The molecule has 0 radical (unpaired) electrons. The molecule has 0 aliphatic carbocycles. The summed E-state index contributed by atoms with van der Waals surface area (Å²) in [5.41, 5.74) is 5.33. The highest BCUT2D eigenvalue weighted by molar-refractivity contribution is 8.03. The predicted molar refractivity (Wildman–Crippen MR) is 123 cm³/mol. The van der Waals surface area contributed by atoms with Crippen molar-refractivity contribution in [1.82, 2.24) is 15.6 Å². The van der Waals surface area contributed by atoms with Crippen LogP contribution in [0.3, 0.4) is 0 Å². The van der Waals surface area contributed by atoms with Gasteiger partial charge in [0.1, 0.15) is 0 Å². The van der Waals surface area contributed by atoms with E-state index in [-0.39, 0.29) is 11.7 Å². The number of carbonyl (C=O) groups excluding carboxylic acids is 1. The molecule has 5 nitrogen and oxygen atoms in total. The molecule has 150 valence electrons. The van der Waals surface area contributed by atoms with Crippen LogP contribution in [0.1, 0.15) is 18.1 Å². The first-order valence-corrected chi connectivity index (χ1v) is 12.0. The fourth-order valence-corrected chi connectivity index (χ4v) is 5.12. The van der Waals surface area contributed by atoms with E-state index in [1.807, 2.05) is 43.3 Å². The summed E-state index contributed by atoms with van der Waals surface area (Å²) in [5.74, 6) is 0.803. The maximum absolute atomic E-state index is 12.0. The standard InChI is InChI=1S/C19H16Cl2N4OS3/c1-12(14-4-8-16(21)9-5-14)22-23-17(26)11-28-19-25-24-18(29-19)27-10-13-2-6-15(20)7-3-13/h2-9H,10-11H2,1H3,(H,23,26)/b22-12+. The van der Waals surface area contributed by atoms with Crippen LogP contribution in [0.15, 0.2) is 62.3 Å². The van der Waals surface area contributed by atoms with Gasteiger partial charge < -0.3 is 0 Å². The molecule has 0 unspecified atom stereocenters. The van der Waals surface area contributed by atoms with E-state index >= 15 is 0 Å². The van der Waals surface area contributed by atoms with Crippen LogP contribution in [0, 0.1) is 0 Å². The van der Waals surface area contributed by atoms with Crippen molar-refractivity contribution < 1.29 is 4.79 Å². The summed E-state index contributed by atoms with van der Waals surface area (Å²) in [6, 6.07) is 15.0. The number of hydrogen-bond donors (Lipinski definition) is 1. The molecule has 3 aromatic rings. The zero-order chi connectivity index (χ0) is 20.6. The lowest BCUT2D eigenvalue weighted by molar-refractivity contribution is -0.118. The average molecular weight is 483 g/mol. The molecule has 1 amide bonds. The van der Waals surface area contributed by atoms with Gasteiger partial charge in [0.25, 0.3) is 5.91 Å². The van der Waals surface area contributed by atoms with Crippen molar-refractivity contribution in [2.75, 3.05) is 5.75 Å². The van der Waals surface area contributed by atoms with Gasteiger partial charge in [-0.05, 0) is 42.3 Å². The molecule has 29 heavy (non-hydrogen) atoms. The second kappa shape index (κ2) is 11.0. The first kappa shape index (κ1) is 22.1. The van der Waals surface area contributed by atoms with Crippen LogP contribution in [-0.2, 0) is 10.5 Å². The van der Waals surface area contributed by atoms with Crippen LogP contribution in [0.2, 0.25) is 10.0 Å². The van der Waals surface area contributed by atoms with Gasteiger partial charge in [-0.15, -0.1) is 10.2 Å². The van der Waals surface area contributed by atoms with Gasteiger partial charge in [-0.2, -0.15) is 5.10 Å². The number of benzene rings is 2. The molecule has 0 spiro atoms. The van der Waals surface area contributed by atoms with Gasteiger partial charge in [-0.1, -0.05) is 82.3 Å². The molecule has 0 saturated carbocycles. The Morgan fingerprint density at radius 1 is 1.00 bits per heavy atom. The number of thioether (sulfide) groups is 2. The molecule has 0 fully saturated rings. The molecule has 1 aromatic heterocycles. The van der Waals surface area contributed by atoms with Gasteiger partial charge in [0.15, 0.2) is 8.68 Å². The van der Waals surface area contributed by atoms with Crippen molar-refractivity contribution in [1.29, 1.82) is 0 Å². The first-order chi connectivity index (χ1) is 14.0. The summed E-state index contributed by atoms with van der Waals surface area (Å²) in [5, 5.41) is 13.8. The maximum Gasteiger partial charge on any atom is 0.250 e. The lowest BCUT2D eigenvalue weighted by Crippen LogP contribution is -2.21. The van der Waals surface area contributed by atoms with Gasteiger partial charge in [-0.3, -0.25) is 4.79 Å². The van der Waals surface area contributed by atoms with E-state index in [9.17, 15) is 4.79 Å². The van der Waals surface area contributed by atoms with Crippen LogP contribution >= 0.6 is 58.1 Å². The zero-order valence-electron chi connectivity index (χ0n) is 15.3. The van der Waals surface area contributed by atoms with Gasteiger partial charge >= 0.3 is 0 Å². The van der Waals surface area contributed by atoms with E-state index in [1.54, 1.807) is 23.9 Å². The molecule has 10 heteroatoms. The third kappa shape index (κ3) is 7.31. The number of rotatable bonds is 8. The van der Waals surface area contributed by atoms with Crippen LogP contribution in [-0.4, -0.2) is 27.6 Å². The fourth-order valence-electron chi connectivity index (χ4n) is 2.10. The number of nitrogens with zero attached hydrogens (tertiary/aromatic N) is 3. The van der Waals surface area contributed by atoms with Crippen molar-refractivity contribution in [3.05, 3.63) is 69.7 Å². The van der Waals surface area contributed by atoms with Gasteiger partial charge in [0, 0.05) is 15.8 Å². The number of hydrogen-bond acceptors (Lipinski definition) is 7. The van der Waals surface area contributed by atoms with E-state index < -0.39 is 0 Å². The lowest BCUT2D eigenvalue weighted by Gasteiger charge is -2.02. The first-order valence-electron chi connectivity index (χ1n) is 8.42. The van der Waals surface area contributed by atoms with Crippen molar-refractivity contribution >= 4 is 69.7 Å². The monoisotopic (exact) mass is 482 g/mol. The van der Waals surface area contributed by atoms with E-state index in [0.29, 0.717) is 10.7 Å². The molecule has 3 rings (SSSR count). The highest BCUT2D eigenvalue weighted by Gasteiger charge is 2.09. The number of nitrogens with one attached hydrogen (secondary N) is 1. The number of amides is 1. The van der Waals surface area contributed by atoms with Crippen LogP contribution in [0.5, 0.6) is 0 Å². The Labute approximate surface area is 191 Å². The number of halogens is 2. The van der Waals surface area contributed by atoms with Gasteiger partial charge in [0.05, 0.1) is 11.5 Å². The molecular weight excluding hydrogens is 467 g/mol. The number of carbonyl (C=O) groups is 1. The molecule has 0 bridgehead atoms. The summed E-state index contributed by atoms with van der Waals surface area (Å²) in [7, 11) is 0. The number of hydrazone groups is 1. The average Bonchev–Trinajstić information content (AvgIpc) is 3.18. The molecule has 1 heterocycles. The highest BCUT2D eigenvalue weighted by atomic mass is 35.5. The van der Waals surface area contributed by atoms with E-state index in [2.05, 4.69) is 20.7 Å². The Kier molecular flexibility index (Phi) is 8.38. The second-order valence-corrected chi connectivity index (χ2v) is 10.1. The van der Waals surface area contributed by atoms with Crippen molar-refractivity contribution in [3.63, 3.8) is 0 Å². The Balaban J connectivity index is 1.43. The van der Waals surface area contributed by atoms with Gasteiger partial charge in [0.2, 0.25) is 0 Å². The molecule has 1 N–H and O–H groups in total. The Morgan fingerprint density at radius 3 is 2.24 bits per heavy atom. The van der Waals surface area contributed by atoms with Crippen molar-refractivity contribution in [2.45, 2.75) is 21.4 Å². The molecule has 0 aliphatic rings. The Morgan fingerprint density at radius 2 is 1.59 bits per heavy atom. The van der Waals surface area contributed by atoms with Crippen LogP contribution in [0.4, 0.5) is 0 Å². The lowest BCUT2D eigenvalue weighted by atomic mass is 10.1. The van der Waals surface area contributed by atoms with E-state index in [4.69, 9.17) is 23.2 Å². The third-order valence-corrected chi connectivity index (χ3v) is 7.37. The van der Waals surface area contributed by atoms with E-state index in [1.165, 1.54) is 23.1 Å². The molecule has 0 atom stereocenters. The van der Waals surface area contributed by atoms with Crippen LogP contribution < -0.4 is 5.43 Å². The van der Waals surface area contributed by atoms with Crippen molar-refractivity contribution in [3.8, 4) is 0 Å². The second-order valence-electron chi connectivity index (χ2n) is 5.78. The quantitative estimate of drug-likeness (QED) is 0.250. The van der Waals surface area contributed by atoms with Gasteiger partial charge in [-0.25, -0.2) is 5.43 Å². The topological polar surface area (TPSA) is 67.2 Å². The summed E-state index contributed by atoms with van der Waals surface area (Å²) in [6.45, 7) is 1.82. The van der Waals surface area contributed by atoms with Crippen molar-refractivity contribution in [2.24, 2.45) is 5.10 Å². The molecule has 0 aliphatic heterocycles. The predicted octanol–water partition coefficient (Wildman–Crippen LogP) is 5.77. The summed E-state index contributed by atoms with van der Waals surface area (Å²) in [6.07, 6.45) is 0. The summed E-state index contributed by atoms with van der Waals surface area (Å²) in [4.78, 5) is 12.0. The minimum absolute atomic E-state index is 0.200. The minimum Gasteiger partial charge on any atom is -0.272 e. The smallest absolute Gasteiger partial charge is 0.250 e. The molecular formula is C19H16Cl2N4OS3.